The Bertz CT molecular complexity index is 651. The van der Waals surface area contributed by atoms with Crippen LogP contribution in [0, 0.1) is 5.82 Å². The van der Waals surface area contributed by atoms with E-state index >= 15 is 0 Å². The van der Waals surface area contributed by atoms with Crippen molar-refractivity contribution in [2.75, 3.05) is 0 Å². The minimum absolute atomic E-state index is 0.106. The molecule has 0 saturated carbocycles. The van der Waals surface area contributed by atoms with Crippen molar-refractivity contribution in [2.45, 2.75) is 11.3 Å². The summed E-state index contributed by atoms with van der Waals surface area (Å²) < 4.78 is 35.6. The van der Waals surface area contributed by atoms with E-state index < -0.39 is 10.0 Å². The first kappa shape index (κ1) is 12.7. The van der Waals surface area contributed by atoms with Gasteiger partial charge >= 0.3 is 0 Å². The molecule has 0 aromatic heterocycles. The third-order valence-corrected chi connectivity index (χ3v) is 3.60. The maximum Gasteiger partial charge on any atom is 0.238 e. The van der Waals surface area contributed by atoms with Gasteiger partial charge in [-0.3, -0.25) is 0 Å². The standard InChI is InChI=1S/C13H12FNO2S/c14-12-7-5-10(6-8-12)9-11-3-1-2-4-13(11)18(15,16)17/h1-8H,9H2,(H2,15,16,17). The lowest BCUT2D eigenvalue weighted by Gasteiger charge is -2.07. The summed E-state index contributed by atoms with van der Waals surface area (Å²) in [6.45, 7) is 0. The molecular weight excluding hydrogens is 253 g/mol. The van der Waals surface area contributed by atoms with Crippen molar-refractivity contribution in [1.82, 2.24) is 0 Å². The Hall–Kier alpha value is -1.72. The summed E-state index contributed by atoms with van der Waals surface area (Å²) in [7, 11) is -3.74. The van der Waals surface area contributed by atoms with Crippen LogP contribution < -0.4 is 5.14 Å². The molecule has 18 heavy (non-hydrogen) atoms. The normalized spacial score (nSPS) is 11.4. The van der Waals surface area contributed by atoms with E-state index in [9.17, 15) is 12.8 Å². The Morgan fingerprint density at radius 2 is 1.61 bits per heavy atom. The van der Waals surface area contributed by atoms with E-state index in [1.54, 1.807) is 30.3 Å². The molecule has 94 valence electrons. The van der Waals surface area contributed by atoms with Crippen molar-refractivity contribution in [2.24, 2.45) is 5.14 Å². The van der Waals surface area contributed by atoms with E-state index in [2.05, 4.69) is 0 Å². The molecule has 0 bridgehead atoms. The molecule has 3 nitrogen and oxygen atoms in total. The molecule has 0 fully saturated rings. The van der Waals surface area contributed by atoms with Gasteiger partial charge in [0.25, 0.3) is 0 Å². The van der Waals surface area contributed by atoms with Crippen LogP contribution in [0.15, 0.2) is 53.4 Å². The van der Waals surface area contributed by atoms with E-state index in [0.29, 0.717) is 12.0 Å². The van der Waals surface area contributed by atoms with Gasteiger partial charge in [-0.1, -0.05) is 30.3 Å². The highest BCUT2D eigenvalue weighted by atomic mass is 32.2. The molecule has 2 rings (SSSR count). The summed E-state index contributed by atoms with van der Waals surface area (Å²) in [5.74, 6) is -0.321. The molecule has 0 amide bonds. The van der Waals surface area contributed by atoms with Gasteiger partial charge < -0.3 is 0 Å². The highest BCUT2D eigenvalue weighted by molar-refractivity contribution is 7.89. The van der Waals surface area contributed by atoms with Gasteiger partial charge in [-0.2, -0.15) is 0 Å². The molecule has 0 heterocycles. The lowest BCUT2D eigenvalue weighted by Crippen LogP contribution is -2.14. The summed E-state index contributed by atoms with van der Waals surface area (Å²) in [4.78, 5) is 0.106. The average Bonchev–Trinajstić information content (AvgIpc) is 2.31. The summed E-state index contributed by atoms with van der Waals surface area (Å²) >= 11 is 0. The molecule has 5 heteroatoms. The smallest absolute Gasteiger partial charge is 0.225 e. The molecule has 0 spiro atoms. The van der Waals surface area contributed by atoms with E-state index in [4.69, 9.17) is 5.14 Å². The van der Waals surface area contributed by atoms with Crippen LogP contribution >= 0.6 is 0 Å². The van der Waals surface area contributed by atoms with Crippen LogP contribution in [-0.2, 0) is 16.4 Å². The topological polar surface area (TPSA) is 60.2 Å². The van der Waals surface area contributed by atoms with Crippen molar-refractivity contribution in [3.05, 3.63) is 65.5 Å². The number of primary sulfonamides is 1. The molecule has 0 atom stereocenters. The van der Waals surface area contributed by atoms with Gasteiger partial charge in [0.2, 0.25) is 10.0 Å². The highest BCUT2D eigenvalue weighted by Crippen LogP contribution is 2.18. The maximum absolute atomic E-state index is 12.8. The van der Waals surface area contributed by atoms with Gasteiger partial charge in [0.1, 0.15) is 5.82 Å². The minimum atomic E-state index is -3.74. The van der Waals surface area contributed by atoms with Gasteiger partial charge in [0.05, 0.1) is 4.90 Å². The van der Waals surface area contributed by atoms with Crippen LogP contribution in [0.25, 0.3) is 0 Å². The van der Waals surface area contributed by atoms with Gasteiger partial charge in [-0.05, 0) is 35.7 Å². The molecular formula is C13H12FNO2S. The lowest BCUT2D eigenvalue weighted by molar-refractivity contribution is 0.597. The second-order valence-electron chi connectivity index (χ2n) is 3.96. The zero-order valence-corrected chi connectivity index (χ0v) is 10.3. The van der Waals surface area contributed by atoms with Crippen LogP contribution in [-0.4, -0.2) is 8.42 Å². The summed E-state index contributed by atoms with van der Waals surface area (Å²) in [6.07, 6.45) is 0.396. The molecule has 0 aliphatic carbocycles. The number of rotatable bonds is 3. The number of hydrogen-bond acceptors (Lipinski definition) is 2. The maximum atomic E-state index is 12.8. The first-order chi connectivity index (χ1) is 8.47. The van der Waals surface area contributed by atoms with Crippen LogP contribution in [0.5, 0.6) is 0 Å². The number of hydrogen-bond donors (Lipinski definition) is 1. The molecule has 0 saturated heterocycles. The first-order valence-corrected chi connectivity index (χ1v) is 6.86. The molecule has 0 unspecified atom stereocenters. The SMILES string of the molecule is NS(=O)(=O)c1ccccc1Cc1ccc(F)cc1. The molecule has 2 aromatic carbocycles. The number of halogens is 1. The van der Waals surface area contributed by atoms with Crippen molar-refractivity contribution < 1.29 is 12.8 Å². The van der Waals surface area contributed by atoms with Gasteiger partial charge in [0, 0.05) is 0 Å². The average molecular weight is 265 g/mol. The van der Waals surface area contributed by atoms with Gasteiger partial charge in [-0.25, -0.2) is 17.9 Å². The summed E-state index contributed by atoms with van der Waals surface area (Å²) in [5, 5.41) is 5.15. The lowest BCUT2D eigenvalue weighted by atomic mass is 10.1. The second-order valence-corrected chi connectivity index (χ2v) is 5.49. The Balaban J connectivity index is 2.38. The molecule has 2 aromatic rings. The largest absolute Gasteiger partial charge is 0.238 e. The fourth-order valence-corrected chi connectivity index (χ4v) is 2.52. The van der Waals surface area contributed by atoms with E-state index in [1.807, 2.05) is 0 Å². The predicted molar refractivity (Wildman–Crippen MR) is 67.0 cm³/mol. The Morgan fingerprint density at radius 1 is 1.00 bits per heavy atom. The van der Waals surface area contributed by atoms with Crippen LogP contribution in [0.3, 0.4) is 0 Å². The van der Waals surface area contributed by atoms with Crippen molar-refractivity contribution in [3.63, 3.8) is 0 Å². The number of sulfonamides is 1. The fraction of sp³-hybridized carbons (Fsp3) is 0.0769. The zero-order chi connectivity index (χ0) is 13.2. The Kier molecular flexibility index (Phi) is 3.45. The van der Waals surface area contributed by atoms with E-state index in [0.717, 1.165) is 5.56 Å². The second kappa shape index (κ2) is 4.88. The number of nitrogens with two attached hydrogens (primary N) is 1. The Labute approximate surface area is 105 Å². The summed E-state index contributed by atoms with van der Waals surface area (Å²) in [5.41, 5.74) is 1.43. The van der Waals surface area contributed by atoms with Crippen LogP contribution in [0.4, 0.5) is 4.39 Å². The molecule has 0 aliphatic heterocycles. The quantitative estimate of drug-likeness (QED) is 0.923. The van der Waals surface area contributed by atoms with Crippen LogP contribution in [0.2, 0.25) is 0 Å². The van der Waals surface area contributed by atoms with Crippen molar-refractivity contribution in [3.8, 4) is 0 Å². The highest BCUT2D eigenvalue weighted by Gasteiger charge is 2.13. The predicted octanol–water partition coefficient (Wildman–Crippen LogP) is 2.06. The molecule has 0 aliphatic rings. The summed E-state index contributed by atoms with van der Waals surface area (Å²) in [6, 6.07) is 12.5. The third kappa shape index (κ3) is 2.94. The van der Waals surface area contributed by atoms with Crippen molar-refractivity contribution >= 4 is 10.0 Å². The molecule has 0 radical (unpaired) electrons. The first-order valence-electron chi connectivity index (χ1n) is 5.32. The molecule has 2 N–H and O–H groups in total. The zero-order valence-electron chi connectivity index (χ0n) is 9.51. The van der Waals surface area contributed by atoms with Gasteiger partial charge in [-0.15, -0.1) is 0 Å². The third-order valence-electron chi connectivity index (χ3n) is 2.59. The minimum Gasteiger partial charge on any atom is -0.225 e. The van der Waals surface area contributed by atoms with Crippen LogP contribution in [0.1, 0.15) is 11.1 Å². The van der Waals surface area contributed by atoms with E-state index in [1.165, 1.54) is 18.2 Å². The fourth-order valence-electron chi connectivity index (χ4n) is 1.75. The monoisotopic (exact) mass is 265 g/mol. The van der Waals surface area contributed by atoms with Crippen molar-refractivity contribution in [1.29, 1.82) is 0 Å². The van der Waals surface area contributed by atoms with E-state index in [-0.39, 0.29) is 10.7 Å². The Morgan fingerprint density at radius 3 is 2.22 bits per heavy atom. The van der Waals surface area contributed by atoms with Gasteiger partial charge in [0.15, 0.2) is 0 Å². The number of benzene rings is 2.